The normalized spacial score (nSPS) is 20.1. The second-order valence-corrected chi connectivity index (χ2v) is 2.90. The zero-order valence-corrected chi connectivity index (χ0v) is 8.33. The Hall–Kier alpha value is -0.240. The van der Waals surface area contributed by atoms with Crippen LogP contribution in [-0.4, -0.2) is 72.3 Å². The number of methoxy groups -OCH3 is 2. The summed E-state index contributed by atoms with van der Waals surface area (Å²) >= 11 is 0. The smallest absolute Gasteiger partial charge is 0.114 e. The predicted octanol–water partition coefficient (Wildman–Crippen LogP) is -2.28. The van der Waals surface area contributed by atoms with Crippen LogP contribution < -0.4 is 0 Å². The quantitative estimate of drug-likeness (QED) is 0.378. The number of hydrogen-bond acceptors (Lipinski definition) is 6. The van der Waals surface area contributed by atoms with Crippen molar-refractivity contribution in [3.8, 4) is 0 Å². The van der Waals surface area contributed by atoms with Gasteiger partial charge in [0.05, 0.1) is 13.2 Å². The van der Waals surface area contributed by atoms with Crippen LogP contribution in [-0.2, 0) is 9.47 Å². The average Bonchev–Trinajstić information content (AvgIpc) is 2.20. The Morgan fingerprint density at radius 1 is 1.00 bits per heavy atom. The van der Waals surface area contributed by atoms with Gasteiger partial charge in [-0.3, -0.25) is 0 Å². The summed E-state index contributed by atoms with van der Waals surface area (Å²) in [7, 11) is 2.61. The largest absolute Gasteiger partial charge is 0.394 e. The summed E-state index contributed by atoms with van der Waals surface area (Å²) < 4.78 is 9.56. The fourth-order valence-electron chi connectivity index (χ4n) is 1.16. The number of ether oxygens (including phenoxy) is 2. The van der Waals surface area contributed by atoms with Crippen molar-refractivity contribution in [2.45, 2.75) is 24.4 Å². The number of aliphatic hydroxyl groups is 4. The Kier molecular flexibility index (Phi) is 6.98. The van der Waals surface area contributed by atoms with Gasteiger partial charge in [-0.05, 0) is 0 Å². The molecule has 4 atom stereocenters. The lowest BCUT2D eigenvalue weighted by atomic mass is 10.0. The first kappa shape index (κ1) is 13.8. The first-order valence-corrected chi connectivity index (χ1v) is 4.25. The van der Waals surface area contributed by atoms with Crippen molar-refractivity contribution in [2.75, 3.05) is 27.4 Å². The van der Waals surface area contributed by atoms with Gasteiger partial charge in [0.15, 0.2) is 0 Å². The monoisotopic (exact) mass is 210 g/mol. The van der Waals surface area contributed by atoms with Crippen LogP contribution in [0, 0.1) is 0 Å². The van der Waals surface area contributed by atoms with Gasteiger partial charge < -0.3 is 29.9 Å². The third-order valence-electron chi connectivity index (χ3n) is 2.04. The predicted molar refractivity (Wildman–Crippen MR) is 47.8 cm³/mol. The van der Waals surface area contributed by atoms with Crippen LogP contribution in [0.25, 0.3) is 0 Å². The summed E-state index contributed by atoms with van der Waals surface area (Å²) in [6.07, 6.45) is -4.24. The van der Waals surface area contributed by atoms with Crippen molar-refractivity contribution in [1.29, 1.82) is 0 Å². The molecule has 6 heteroatoms. The molecule has 0 aromatic carbocycles. The lowest BCUT2D eigenvalue weighted by molar-refractivity contribution is -0.144. The molecule has 0 aromatic rings. The van der Waals surface area contributed by atoms with Crippen LogP contribution >= 0.6 is 0 Å². The Morgan fingerprint density at radius 3 is 1.86 bits per heavy atom. The summed E-state index contributed by atoms with van der Waals surface area (Å²) in [5.74, 6) is 0. The van der Waals surface area contributed by atoms with Crippen molar-refractivity contribution in [3.63, 3.8) is 0 Å². The van der Waals surface area contributed by atoms with E-state index in [1.165, 1.54) is 14.2 Å². The molecule has 0 spiro atoms. The second-order valence-electron chi connectivity index (χ2n) is 2.90. The van der Waals surface area contributed by atoms with E-state index in [1.807, 2.05) is 0 Å². The fourth-order valence-corrected chi connectivity index (χ4v) is 1.16. The van der Waals surface area contributed by atoms with E-state index in [9.17, 15) is 10.2 Å². The molecule has 4 N–H and O–H groups in total. The Balaban J connectivity index is 4.34. The van der Waals surface area contributed by atoms with E-state index in [0.717, 1.165) is 0 Å². The highest BCUT2D eigenvalue weighted by molar-refractivity contribution is 4.82. The second kappa shape index (κ2) is 7.10. The summed E-state index contributed by atoms with van der Waals surface area (Å²) in [5, 5.41) is 36.3. The van der Waals surface area contributed by atoms with Gasteiger partial charge >= 0.3 is 0 Å². The Labute approximate surface area is 82.7 Å². The maximum atomic E-state index is 9.59. The molecule has 0 saturated carbocycles. The zero-order valence-electron chi connectivity index (χ0n) is 8.33. The molecule has 0 heterocycles. The van der Waals surface area contributed by atoms with E-state index in [1.54, 1.807) is 0 Å². The van der Waals surface area contributed by atoms with E-state index < -0.39 is 37.6 Å². The minimum absolute atomic E-state index is 0.393. The van der Waals surface area contributed by atoms with Crippen molar-refractivity contribution in [3.05, 3.63) is 0 Å². The van der Waals surface area contributed by atoms with Crippen LogP contribution in [0.2, 0.25) is 0 Å². The molecule has 0 aliphatic rings. The van der Waals surface area contributed by atoms with Crippen molar-refractivity contribution in [2.24, 2.45) is 0 Å². The highest BCUT2D eigenvalue weighted by Crippen LogP contribution is 2.10. The molecule has 0 aromatic heterocycles. The highest BCUT2D eigenvalue weighted by atomic mass is 16.5. The molecule has 0 aliphatic carbocycles. The first-order chi connectivity index (χ1) is 6.62. The van der Waals surface area contributed by atoms with E-state index >= 15 is 0 Å². The van der Waals surface area contributed by atoms with E-state index in [2.05, 4.69) is 0 Å². The Morgan fingerprint density at radius 2 is 1.57 bits per heavy atom. The standard InChI is InChI=1S/C8H18O6/c1-13-6(4-10)7(12)8(14-2)5(11)3-9/h5-12H,3-4H2,1-2H3. The van der Waals surface area contributed by atoms with Gasteiger partial charge in [0, 0.05) is 14.2 Å². The van der Waals surface area contributed by atoms with E-state index in [4.69, 9.17) is 19.7 Å². The first-order valence-electron chi connectivity index (χ1n) is 4.25. The molecule has 0 rings (SSSR count). The Bertz CT molecular complexity index is 138. The maximum absolute atomic E-state index is 9.59. The van der Waals surface area contributed by atoms with Crippen LogP contribution in [0.15, 0.2) is 0 Å². The van der Waals surface area contributed by atoms with Crippen molar-refractivity contribution < 1.29 is 29.9 Å². The van der Waals surface area contributed by atoms with Gasteiger partial charge in [-0.2, -0.15) is 0 Å². The topological polar surface area (TPSA) is 99.4 Å². The lowest BCUT2D eigenvalue weighted by Crippen LogP contribution is -2.48. The van der Waals surface area contributed by atoms with Gasteiger partial charge in [0.1, 0.15) is 24.4 Å². The molecule has 0 fully saturated rings. The third kappa shape index (κ3) is 3.49. The minimum atomic E-state index is -1.21. The van der Waals surface area contributed by atoms with Crippen LogP contribution in [0.1, 0.15) is 0 Å². The molecule has 86 valence electrons. The summed E-state index contributed by atoms with van der Waals surface area (Å²) in [4.78, 5) is 0. The number of aliphatic hydroxyl groups excluding tert-OH is 4. The number of hydrogen-bond donors (Lipinski definition) is 4. The molecule has 0 saturated heterocycles. The van der Waals surface area contributed by atoms with Crippen molar-refractivity contribution >= 4 is 0 Å². The molecule has 6 nitrogen and oxygen atoms in total. The average molecular weight is 210 g/mol. The molecule has 0 aliphatic heterocycles. The van der Waals surface area contributed by atoms with E-state index in [-0.39, 0.29) is 0 Å². The van der Waals surface area contributed by atoms with Crippen LogP contribution in [0.5, 0.6) is 0 Å². The van der Waals surface area contributed by atoms with E-state index in [0.29, 0.717) is 0 Å². The van der Waals surface area contributed by atoms with Crippen LogP contribution in [0.4, 0.5) is 0 Å². The zero-order chi connectivity index (χ0) is 11.1. The molecule has 0 amide bonds. The van der Waals surface area contributed by atoms with Gasteiger partial charge in [-0.1, -0.05) is 0 Å². The van der Waals surface area contributed by atoms with Crippen LogP contribution in [0.3, 0.4) is 0 Å². The maximum Gasteiger partial charge on any atom is 0.114 e. The van der Waals surface area contributed by atoms with Gasteiger partial charge in [-0.15, -0.1) is 0 Å². The van der Waals surface area contributed by atoms with Gasteiger partial charge in [-0.25, -0.2) is 0 Å². The molecule has 4 unspecified atom stereocenters. The summed E-state index contributed by atoms with van der Waals surface area (Å²) in [6, 6.07) is 0. The molecule has 14 heavy (non-hydrogen) atoms. The van der Waals surface area contributed by atoms with Gasteiger partial charge in [0.25, 0.3) is 0 Å². The SMILES string of the molecule is COC(CO)C(O)C(OC)C(O)CO. The molecular formula is C8H18O6. The lowest BCUT2D eigenvalue weighted by Gasteiger charge is -2.29. The molecule has 0 bridgehead atoms. The third-order valence-corrected chi connectivity index (χ3v) is 2.04. The highest BCUT2D eigenvalue weighted by Gasteiger charge is 2.32. The molecular weight excluding hydrogens is 192 g/mol. The summed E-state index contributed by atoms with van der Waals surface area (Å²) in [5.41, 5.74) is 0. The van der Waals surface area contributed by atoms with Crippen molar-refractivity contribution in [1.82, 2.24) is 0 Å². The minimum Gasteiger partial charge on any atom is -0.394 e. The number of rotatable bonds is 7. The fraction of sp³-hybridized carbons (Fsp3) is 1.00. The molecule has 0 radical (unpaired) electrons. The summed E-state index contributed by atoms with van der Waals surface area (Å²) in [6.45, 7) is -0.924. The van der Waals surface area contributed by atoms with Gasteiger partial charge in [0.2, 0.25) is 0 Å².